The van der Waals surface area contributed by atoms with Gasteiger partial charge >= 0.3 is 0 Å². The summed E-state index contributed by atoms with van der Waals surface area (Å²) >= 11 is 0. The van der Waals surface area contributed by atoms with Crippen molar-refractivity contribution in [2.24, 2.45) is 0 Å². The van der Waals surface area contributed by atoms with E-state index in [4.69, 9.17) is 0 Å². The molecule has 24 heavy (non-hydrogen) atoms. The van der Waals surface area contributed by atoms with Crippen LogP contribution in [0, 0.1) is 6.92 Å². The summed E-state index contributed by atoms with van der Waals surface area (Å²) in [5, 5.41) is 0. The van der Waals surface area contributed by atoms with Gasteiger partial charge < -0.3 is 9.30 Å². The zero-order valence-electron chi connectivity index (χ0n) is 14.1. The number of rotatable bonds is 6. The molecule has 5 nitrogen and oxygen atoms in total. The third kappa shape index (κ3) is 3.62. The zero-order valence-corrected chi connectivity index (χ0v) is 14.1. The van der Waals surface area contributed by atoms with Gasteiger partial charge in [-0.2, -0.15) is 0 Å². The Labute approximate surface area is 142 Å². The van der Waals surface area contributed by atoms with Crippen LogP contribution in [0.2, 0.25) is 0 Å². The van der Waals surface area contributed by atoms with Crippen molar-refractivity contribution in [1.29, 1.82) is 0 Å². The van der Waals surface area contributed by atoms with Crippen LogP contribution in [-0.2, 0) is 17.6 Å². The molecule has 0 N–H and O–H groups in total. The van der Waals surface area contributed by atoms with Gasteiger partial charge in [0.05, 0.1) is 5.69 Å². The van der Waals surface area contributed by atoms with Crippen molar-refractivity contribution in [3.8, 4) is 0 Å². The van der Waals surface area contributed by atoms with E-state index in [0.717, 1.165) is 30.0 Å². The van der Waals surface area contributed by atoms with E-state index < -0.39 is 0 Å². The lowest BCUT2D eigenvalue weighted by atomic mass is 10.1. The quantitative estimate of drug-likeness (QED) is 0.701. The van der Waals surface area contributed by atoms with Gasteiger partial charge in [-0.15, -0.1) is 0 Å². The van der Waals surface area contributed by atoms with Crippen LogP contribution in [0.5, 0.6) is 0 Å². The molecule has 3 aromatic rings. The summed E-state index contributed by atoms with van der Waals surface area (Å²) in [5.74, 6) is 0.161. The summed E-state index contributed by atoms with van der Waals surface area (Å²) in [7, 11) is 1.87. The Balaban J connectivity index is 1.57. The number of carbonyl (C=O) groups is 1. The number of pyridine rings is 2. The van der Waals surface area contributed by atoms with Gasteiger partial charge in [0.15, 0.2) is 0 Å². The molecule has 5 heteroatoms. The molecule has 0 aliphatic rings. The van der Waals surface area contributed by atoms with Crippen LogP contribution in [0.4, 0.5) is 0 Å². The molecule has 3 heterocycles. The van der Waals surface area contributed by atoms with E-state index in [0.29, 0.717) is 12.8 Å². The van der Waals surface area contributed by atoms with Crippen molar-refractivity contribution in [2.45, 2.75) is 26.2 Å². The number of fused-ring (bicyclic) bond motifs is 1. The largest absolute Gasteiger partial charge is 0.345 e. The number of aromatic nitrogens is 3. The molecule has 0 aromatic carbocycles. The van der Waals surface area contributed by atoms with E-state index >= 15 is 0 Å². The summed E-state index contributed by atoms with van der Waals surface area (Å²) < 4.78 is 2.07. The molecule has 0 atom stereocenters. The summed E-state index contributed by atoms with van der Waals surface area (Å²) in [6.07, 6.45) is 7.61. The third-order valence-corrected chi connectivity index (χ3v) is 4.32. The van der Waals surface area contributed by atoms with Crippen molar-refractivity contribution in [1.82, 2.24) is 19.3 Å². The molecule has 0 aliphatic carbocycles. The Morgan fingerprint density at radius 3 is 2.75 bits per heavy atom. The van der Waals surface area contributed by atoms with Gasteiger partial charge in [0, 0.05) is 44.3 Å². The van der Waals surface area contributed by atoms with Crippen molar-refractivity contribution < 1.29 is 4.79 Å². The lowest BCUT2D eigenvalue weighted by Crippen LogP contribution is -2.29. The van der Waals surface area contributed by atoms with Crippen molar-refractivity contribution in [3.05, 3.63) is 65.9 Å². The van der Waals surface area contributed by atoms with Crippen molar-refractivity contribution in [3.63, 3.8) is 0 Å². The highest BCUT2D eigenvalue weighted by Crippen LogP contribution is 2.14. The Kier molecular flexibility index (Phi) is 4.89. The molecule has 0 radical (unpaired) electrons. The number of carbonyl (C=O) groups excluding carboxylic acids is 1. The maximum absolute atomic E-state index is 12.4. The average Bonchev–Trinajstić information content (AvgIpc) is 2.93. The number of amides is 1. The predicted octanol–water partition coefficient (Wildman–Crippen LogP) is 2.67. The van der Waals surface area contributed by atoms with Crippen LogP contribution in [0.25, 0.3) is 5.65 Å². The second kappa shape index (κ2) is 7.25. The number of hydrogen-bond acceptors (Lipinski definition) is 3. The van der Waals surface area contributed by atoms with Gasteiger partial charge in [-0.3, -0.25) is 9.78 Å². The van der Waals surface area contributed by atoms with E-state index in [1.165, 1.54) is 5.56 Å². The average molecular weight is 322 g/mol. The van der Waals surface area contributed by atoms with Crippen LogP contribution >= 0.6 is 0 Å². The van der Waals surface area contributed by atoms with Crippen LogP contribution < -0.4 is 0 Å². The molecule has 3 rings (SSSR count). The number of hydrogen-bond donors (Lipinski definition) is 0. The Morgan fingerprint density at radius 2 is 1.96 bits per heavy atom. The van der Waals surface area contributed by atoms with Gasteiger partial charge in [0.25, 0.3) is 0 Å². The fourth-order valence-corrected chi connectivity index (χ4v) is 2.85. The van der Waals surface area contributed by atoms with E-state index in [1.807, 2.05) is 50.5 Å². The minimum atomic E-state index is 0.161. The first-order chi connectivity index (χ1) is 11.6. The second-order valence-corrected chi connectivity index (χ2v) is 5.99. The summed E-state index contributed by atoms with van der Waals surface area (Å²) in [5.41, 5.74) is 4.24. The first-order valence-electron chi connectivity index (χ1n) is 8.20. The van der Waals surface area contributed by atoms with Gasteiger partial charge in [0.1, 0.15) is 5.65 Å². The molecule has 0 saturated carbocycles. The zero-order chi connectivity index (χ0) is 16.9. The number of imidazole rings is 1. The molecule has 0 aliphatic heterocycles. The smallest absolute Gasteiger partial charge is 0.222 e. The number of likely N-dealkylation sites (N-methyl/N-ethyl adjacent to an activating group) is 1. The maximum atomic E-state index is 12.4. The predicted molar refractivity (Wildman–Crippen MR) is 93.8 cm³/mol. The lowest BCUT2D eigenvalue weighted by Gasteiger charge is -2.17. The maximum Gasteiger partial charge on any atom is 0.222 e. The van der Waals surface area contributed by atoms with Gasteiger partial charge in [-0.1, -0.05) is 6.07 Å². The second-order valence-electron chi connectivity index (χ2n) is 5.99. The molecule has 0 unspecified atom stereocenters. The highest BCUT2D eigenvalue weighted by atomic mass is 16.2. The van der Waals surface area contributed by atoms with Crippen LogP contribution in [0.1, 0.15) is 23.4 Å². The van der Waals surface area contributed by atoms with Crippen molar-refractivity contribution in [2.75, 3.05) is 13.6 Å². The van der Waals surface area contributed by atoms with E-state index in [9.17, 15) is 4.79 Å². The molecule has 0 spiro atoms. The van der Waals surface area contributed by atoms with Gasteiger partial charge in [-0.05, 0) is 49.6 Å². The summed E-state index contributed by atoms with van der Waals surface area (Å²) in [6.45, 7) is 2.72. The van der Waals surface area contributed by atoms with Crippen LogP contribution in [0.15, 0.2) is 48.9 Å². The fraction of sp³-hybridized carbons (Fsp3) is 0.316. The molecule has 3 aromatic heterocycles. The fourth-order valence-electron chi connectivity index (χ4n) is 2.85. The standard InChI is InChI=1S/C19H22N4O/c1-15-17(23-13-4-3-5-18(23)21-15)6-7-19(24)22(2)14-10-16-8-11-20-12-9-16/h3-5,8-9,11-13H,6-7,10,14H2,1-2H3. The van der Waals surface area contributed by atoms with E-state index in [1.54, 1.807) is 17.3 Å². The minimum absolute atomic E-state index is 0.161. The normalized spacial score (nSPS) is 10.9. The molecule has 124 valence electrons. The monoisotopic (exact) mass is 322 g/mol. The van der Waals surface area contributed by atoms with Gasteiger partial charge in [0.2, 0.25) is 5.91 Å². The number of aryl methyl sites for hydroxylation is 2. The Morgan fingerprint density at radius 1 is 1.17 bits per heavy atom. The summed E-state index contributed by atoms with van der Waals surface area (Å²) in [4.78, 5) is 22.7. The SMILES string of the molecule is Cc1nc2ccccn2c1CCC(=O)N(C)CCc1ccncc1. The third-order valence-electron chi connectivity index (χ3n) is 4.32. The Bertz CT molecular complexity index is 826. The first-order valence-corrected chi connectivity index (χ1v) is 8.20. The van der Waals surface area contributed by atoms with Gasteiger partial charge in [-0.25, -0.2) is 4.98 Å². The molecular weight excluding hydrogens is 300 g/mol. The molecule has 0 fully saturated rings. The number of nitrogens with zero attached hydrogens (tertiary/aromatic N) is 4. The van der Waals surface area contributed by atoms with E-state index in [2.05, 4.69) is 14.4 Å². The van der Waals surface area contributed by atoms with Crippen LogP contribution in [-0.4, -0.2) is 38.8 Å². The molecule has 0 saturated heterocycles. The Hall–Kier alpha value is -2.69. The summed E-state index contributed by atoms with van der Waals surface area (Å²) in [6, 6.07) is 9.92. The molecule has 1 amide bonds. The highest BCUT2D eigenvalue weighted by molar-refractivity contribution is 5.76. The molecular formula is C19H22N4O. The van der Waals surface area contributed by atoms with E-state index in [-0.39, 0.29) is 5.91 Å². The highest BCUT2D eigenvalue weighted by Gasteiger charge is 2.13. The first kappa shape index (κ1) is 16.2. The minimum Gasteiger partial charge on any atom is -0.345 e. The lowest BCUT2D eigenvalue weighted by molar-refractivity contribution is -0.129. The topological polar surface area (TPSA) is 50.5 Å². The van der Waals surface area contributed by atoms with Crippen LogP contribution in [0.3, 0.4) is 0 Å². The van der Waals surface area contributed by atoms with Crippen molar-refractivity contribution >= 4 is 11.6 Å². The molecule has 0 bridgehead atoms.